The molecule has 2 heterocycles. The lowest BCUT2D eigenvalue weighted by Crippen LogP contribution is -2.41. The van der Waals surface area contributed by atoms with E-state index in [1.54, 1.807) is 25.3 Å². The van der Waals surface area contributed by atoms with Crippen LogP contribution in [0.25, 0.3) is 0 Å². The van der Waals surface area contributed by atoms with Gasteiger partial charge in [-0.3, -0.25) is 9.78 Å². The summed E-state index contributed by atoms with van der Waals surface area (Å²) in [4.78, 5) is 20.4. The Hall–Kier alpha value is -2.52. The van der Waals surface area contributed by atoms with Gasteiger partial charge in [-0.1, -0.05) is 12.1 Å². The lowest BCUT2D eigenvalue weighted by atomic mass is 9.78. The zero-order valence-electron chi connectivity index (χ0n) is 19.1. The molecule has 170 valence electrons. The van der Waals surface area contributed by atoms with E-state index in [-0.39, 0.29) is 36.1 Å². The third-order valence-corrected chi connectivity index (χ3v) is 6.38. The average Bonchev–Trinajstić information content (AvgIpc) is 3.50. The molecule has 1 aromatic heterocycles. The van der Waals surface area contributed by atoms with Gasteiger partial charge in [0.2, 0.25) is 5.88 Å². The number of aromatic nitrogens is 2. The molecule has 0 spiro atoms. The van der Waals surface area contributed by atoms with Gasteiger partial charge >= 0.3 is 13.1 Å². The van der Waals surface area contributed by atoms with Crippen molar-refractivity contribution in [2.45, 2.75) is 64.8 Å². The molecule has 1 saturated heterocycles. The van der Waals surface area contributed by atoms with Gasteiger partial charge in [-0.05, 0) is 52.6 Å². The van der Waals surface area contributed by atoms with E-state index >= 15 is 0 Å². The summed E-state index contributed by atoms with van der Waals surface area (Å²) in [6.45, 7) is 10.0. The highest BCUT2D eigenvalue weighted by Gasteiger charge is 2.51. The molecule has 32 heavy (non-hydrogen) atoms. The summed E-state index contributed by atoms with van der Waals surface area (Å²) in [5, 5.41) is 0. The second kappa shape index (κ2) is 8.44. The molecule has 0 bridgehead atoms. The highest BCUT2D eigenvalue weighted by atomic mass is 19.1. The SMILES string of the molecule is CCOC(=O)[C@@H]1C[C@H]1c1cnc(OCc2cc(B3OC(C)(C)C(C)(C)O3)ccc2F)cn1. The Kier molecular flexibility index (Phi) is 5.98. The Morgan fingerprint density at radius 2 is 1.91 bits per heavy atom. The van der Waals surface area contributed by atoms with Crippen LogP contribution in [0, 0.1) is 11.7 Å². The maximum Gasteiger partial charge on any atom is 0.494 e. The minimum atomic E-state index is -0.579. The van der Waals surface area contributed by atoms with Crippen LogP contribution in [0.3, 0.4) is 0 Å². The fourth-order valence-electron chi connectivity index (χ4n) is 3.61. The first-order chi connectivity index (χ1) is 15.1. The van der Waals surface area contributed by atoms with Crippen molar-refractivity contribution in [3.05, 3.63) is 47.7 Å². The van der Waals surface area contributed by atoms with Crippen molar-refractivity contribution in [1.29, 1.82) is 0 Å². The second-order valence-electron chi connectivity index (χ2n) is 9.21. The smallest absolute Gasteiger partial charge is 0.472 e. The molecule has 2 aliphatic rings. The predicted octanol–water partition coefficient (Wildman–Crippen LogP) is 3.16. The molecular formula is C23H28BFN2O5. The van der Waals surface area contributed by atoms with Crippen LogP contribution < -0.4 is 10.2 Å². The van der Waals surface area contributed by atoms with E-state index in [1.165, 1.54) is 12.3 Å². The first-order valence-corrected chi connectivity index (χ1v) is 10.9. The van der Waals surface area contributed by atoms with Crippen molar-refractivity contribution in [1.82, 2.24) is 9.97 Å². The molecule has 0 amide bonds. The monoisotopic (exact) mass is 442 g/mol. The van der Waals surface area contributed by atoms with Crippen molar-refractivity contribution in [2.24, 2.45) is 5.92 Å². The van der Waals surface area contributed by atoms with Crippen molar-refractivity contribution < 1.29 is 28.0 Å². The van der Waals surface area contributed by atoms with Crippen LogP contribution >= 0.6 is 0 Å². The van der Waals surface area contributed by atoms with Crippen LogP contribution in [-0.2, 0) is 25.4 Å². The van der Waals surface area contributed by atoms with E-state index in [9.17, 15) is 9.18 Å². The molecule has 7 nitrogen and oxygen atoms in total. The molecule has 2 atom stereocenters. The van der Waals surface area contributed by atoms with Gasteiger partial charge in [0.1, 0.15) is 12.4 Å². The minimum absolute atomic E-state index is 0.0118. The maximum absolute atomic E-state index is 14.4. The number of carbonyl (C=O) groups excluding carboxylic acids is 1. The Morgan fingerprint density at radius 3 is 2.53 bits per heavy atom. The van der Waals surface area contributed by atoms with Crippen molar-refractivity contribution in [2.75, 3.05) is 6.61 Å². The molecule has 1 saturated carbocycles. The lowest BCUT2D eigenvalue weighted by Gasteiger charge is -2.32. The number of hydrogen-bond donors (Lipinski definition) is 0. The molecular weight excluding hydrogens is 414 g/mol. The molecule has 9 heteroatoms. The number of ether oxygens (including phenoxy) is 2. The summed E-state index contributed by atoms with van der Waals surface area (Å²) in [5.74, 6) is -0.419. The van der Waals surface area contributed by atoms with Gasteiger partial charge in [0.15, 0.2) is 0 Å². The quantitative estimate of drug-likeness (QED) is 0.482. The number of halogens is 1. The van der Waals surface area contributed by atoms with Crippen LogP contribution in [0.1, 0.15) is 58.2 Å². The number of carbonyl (C=O) groups is 1. The Morgan fingerprint density at radius 1 is 1.19 bits per heavy atom. The van der Waals surface area contributed by atoms with E-state index < -0.39 is 18.3 Å². The highest BCUT2D eigenvalue weighted by Crippen LogP contribution is 2.47. The van der Waals surface area contributed by atoms with E-state index in [2.05, 4.69) is 9.97 Å². The molecule has 1 aromatic carbocycles. The molecule has 2 fully saturated rings. The van der Waals surface area contributed by atoms with Gasteiger partial charge in [-0.15, -0.1) is 0 Å². The second-order valence-corrected chi connectivity index (χ2v) is 9.21. The normalized spacial score (nSPS) is 23.1. The maximum atomic E-state index is 14.4. The van der Waals surface area contributed by atoms with Gasteiger partial charge in [-0.2, -0.15) is 0 Å². The van der Waals surface area contributed by atoms with Gasteiger partial charge in [0.05, 0.1) is 41.8 Å². The van der Waals surface area contributed by atoms with E-state index in [4.69, 9.17) is 18.8 Å². The van der Waals surface area contributed by atoms with E-state index in [1.807, 2.05) is 27.7 Å². The van der Waals surface area contributed by atoms with Crippen LogP contribution in [0.15, 0.2) is 30.6 Å². The standard InChI is InChI=1S/C23H28BFN2O5/c1-6-29-21(28)17-10-16(17)19-11-27-20(12-26-19)30-13-14-9-15(7-8-18(14)25)24-31-22(2,3)23(4,5)32-24/h7-9,11-12,16-17H,6,10,13H2,1-5H3/t16-,17-/m1/s1. The van der Waals surface area contributed by atoms with Gasteiger partial charge in [0.25, 0.3) is 0 Å². The number of benzene rings is 1. The first kappa shape index (κ1) is 22.7. The molecule has 0 radical (unpaired) electrons. The van der Waals surface area contributed by atoms with E-state index in [0.29, 0.717) is 18.6 Å². The lowest BCUT2D eigenvalue weighted by molar-refractivity contribution is -0.144. The molecule has 1 aliphatic carbocycles. The van der Waals surface area contributed by atoms with Crippen LogP contribution in [0.4, 0.5) is 4.39 Å². The summed E-state index contributed by atoms with van der Waals surface area (Å²) in [5.41, 5.74) is 0.864. The van der Waals surface area contributed by atoms with Gasteiger partial charge < -0.3 is 18.8 Å². The first-order valence-electron chi connectivity index (χ1n) is 10.9. The van der Waals surface area contributed by atoms with Crippen molar-refractivity contribution >= 4 is 18.6 Å². The Bertz CT molecular complexity index is 982. The molecule has 0 unspecified atom stereocenters. The molecule has 4 rings (SSSR count). The molecule has 2 aromatic rings. The van der Waals surface area contributed by atoms with Crippen LogP contribution in [0.2, 0.25) is 0 Å². The third kappa shape index (κ3) is 4.50. The summed E-state index contributed by atoms with van der Waals surface area (Å²) in [6.07, 6.45) is 3.80. The Labute approximate surface area is 187 Å². The summed E-state index contributed by atoms with van der Waals surface area (Å²) >= 11 is 0. The molecule has 1 aliphatic heterocycles. The largest absolute Gasteiger partial charge is 0.494 e. The minimum Gasteiger partial charge on any atom is -0.472 e. The third-order valence-electron chi connectivity index (χ3n) is 6.38. The van der Waals surface area contributed by atoms with Gasteiger partial charge in [-0.25, -0.2) is 9.37 Å². The fraction of sp³-hybridized carbons (Fsp3) is 0.522. The highest BCUT2D eigenvalue weighted by molar-refractivity contribution is 6.62. The van der Waals surface area contributed by atoms with Crippen molar-refractivity contribution in [3.63, 3.8) is 0 Å². The summed E-state index contributed by atoms with van der Waals surface area (Å²) in [6, 6.07) is 4.73. The zero-order chi connectivity index (χ0) is 23.1. The van der Waals surface area contributed by atoms with Crippen molar-refractivity contribution in [3.8, 4) is 5.88 Å². The topological polar surface area (TPSA) is 79.8 Å². The zero-order valence-corrected chi connectivity index (χ0v) is 19.1. The summed E-state index contributed by atoms with van der Waals surface area (Å²) < 4.78 is 37.2. The van der Waals surface area contributed by atoms with Crippen LogP contribution in [-0.4, -0.2) is 40.9 Å². The number of rotatable bonds is 7. The fourth-order valence-corrected chi connectivity index (χ4v) is 3.61. The number of hydrogen-bond acceptors (Lipinski definition) is 7. The van der Waals surface area contributed by atoms with Crippen LogP contribution in [0.5, 0.6) is 5.88 Å². The Balaban J connectivity index is 1.38. The molecule has 0 N–H and O–H groups in total. The summed E-state index contributed by atoms with van der Waals surface area (Å²) in [7, 11) is -0.579. The number of esters is 1. The van der Waals surface area contributed by atoms with Gasteiger partial charge in [0, 0.05) is 11.5 Å². The average molecular weight is 442 g/mol. The predicted molar refractivity (Wildman–Crippen MR) is 116 cm³/mol. The number of nitrogens with zero attached hydrogens (tertiary/aromatic N) is 2. The van der Waals surface area contributed by atoms with E-state index in [0.717, 1.165) is 11.2 Å².